The van der Waals surface area contributed by atoms with Gasteiger partial charge >= 0.3 is 0 Å². The van der Waals surface area contributed by atoms with Gasteiger partial charge in [0.2, 0.25) is 5.91 Å². The first-order valence-corrected chi connectivity index (χ1v) is 6.84. The molecule has 1 aliphatic heterocycles. The summed E-state index contributed by atoms with van der Waals surface area (Å²) in [7, 11) is 0. The second kappa shape index (κ2) is 5.81. The average molecular weight is 287 g/mol. The van der Waals surface area contributed by atoms with Crippen molar-refractivity contribution >= 4 is 34.8 Å². The Morgan fingerprint density at radius 1 is 1.33 bits per heavy atom. The minimum absolute atomic E-state index is 0.114. The van der Waals surface area contributed by atoms with E-state index in [9.17, 15) is 4.79 Å². The molecule has 1 aromatic rings. The van der Waals surface area contributed by atoms with Crippen LogP contribution in [0.15, 0.2) is 18.2 Å². The first-order valence-electron chi connectivity index (χ1n) is 6.08. The van der Waals surface area contributed by atoms with Crippen LogP contribution in [0.1, 0.15) is 19.8 Å². The van der Waals surface area contributed by atoms with Crippen LogP contribution in [0.4, 0.5) is 5.69 Å². The highest BCUT2D eigenvalue weighted by Crippen LogP contribution is 2.26. The number of likely N-dealkylation sites (tertiary alicyclic amines) is 1. The Bertz CT molecular complexity index is 445. The van der Waals surface area contributed by atoms with Crippen molar-refractivity contribution in [3.8, 4) is 0 Å². The summed E-state index contributed by atoms with van der Waals surface area (Å²) in [5.41, 5.74) is 0.698. The summed E-state index contributed by atoms with van der Waals surface area (Å²) in [6, 6.07) is 4.89. The zero-order chi connectivity index (χ0) is 13.1. The lowest BCUT2D eigenvalue weighted by Crippen LogP contribution is -2.39. The van der Waals surface area contributed by atoms with Crippen LogP contribution in [-0.2, 0) is 4.79 Å². The maximum atomic E-state index is 12.1. The number of hydrogen-bond donors (Lipinski definition) is 1. The number of rotatable bonds is 3. The predicted molar refractivity (Wildman–Crippen MR) is 75.4 cm³/mol. The van der Waals surface area contributed by atoms with Crippen molar-refractivity contribution in [2.75, 3.05) is 18.4 Å². The molecule has 0 aromatic heterocycles. The van der Waals surface area contributed by atoms with Gasteiger partial charge in [0.1, 0.15) is 6.04 Å². The van der Waals surface area contributed by atoms with Crippen LogP contribution < -0.4 is 5.32 Å². The van der Waals surface area contributed by atoms with Gasteiger partial charge in [0.05, 0.1) is 10.7 Å². The Hall–Kier alpha value is -0.930. The van der Waals surface area contributed by atoms with Crippen molar-refractivity contribution < 1.29 is 4.79 Å². The Labute approximate surface area is 117 Å². The summed E-state index contributed by atoms with van der Waals surface area (Å²) in [6.07, 6.45) is 2.19. The van der Waals surface area contributed by atoms with E-state index in [1.54, 1.807) is 18.2 Å². The molecule has 1 amide bonds. The van der Waals surface area contributed by atoms with Crippen LogP contribution in [0.2, 0.25) is 10.0 Å². The van der Waals surface area contributed by atoms with Crippen LogP contribution in [0.5, 0.6) is 0 Å². The van der Waals surface area contributed by atoms with Crippen molar-refractivity contribution in [3.05, 3.63) is 28.2 Å². The van der Waals surface area contributed by atoms with E-state index < -0.39 is 0 Å². The van der Waals surface area contributed by atoms with Gasteiger partial charge in [-0.25, -0.2) is 0 Å². The minimum Gasteiger partial charge on any atom is -0.373 e. The van der Waals surface area contributed by atoms with Crippen molar-refractivity contribution in [1.29, 1.82) is 0 Å². The van der Waals surface area contributed by atoms with E-state index in [-0.39, 0.29) is 11.9 Å². The maximum absolute atomic E-state index is 12.1. The fourth-order valence-electron chi connectivity index (χ4n) is 2.11. The van der Waals surface area contributed by atoms with Crippen molar-refractivity contribution in [1.82, 2.24) is 4.90 Å². The predicted octanol–water partition coefficient (Wildman–Crippen LogP) is 3.42. The Kier molecular flexibility index (Phi) is 4.36. The molecule has 1 aromatic carbocycles. The molecule has 0 radical (unpaired) electrons. The molecule has 5 heteroatoms. The molecular formula is C13H16Cl2N2O. The van der Waals surface area contributed by atoms with Crippen molar-refractivity contribution in [3.63, 3.8) is 0 Å². The largest absolute Gasteiger partial charge is 0.373 e. The molecule has 0 saturated carbocycles. The van der Waals surface area contributed by atoms with Crippen LogP contribution in [0.3, 0.4) is 0 Å². The fraction of sp³-hybridized carbons (Fsp3) is 0.462. The van der Waals surface area contributed by atoms with Gasteiger partial charge in [-0.3, -0.25) is 4.79 Å². The third-order valence-corrected chi connectivity index (χ3v) is 3.65. The first-order chi connectivity index (χ1) is 8.58. The van der Waals surface area contributed by atoms with Gasteiger partial charge < -0.3 is 10.2 Å². The number of carbonyl (C=O) groups is 1. The average Bonchev–Trinajstić information content (AvgIpc) is 2.86. The number of nitrogens with one attached hydrogen (secondary N) is 1. The second-order valence-electron chi connectivity index (χ2n) is 4.52. The summed E-state index contributed by atoms with van der Waals surface area (Å²) in [5.74, 6) is 0.114. The highest BCUT2D eigenvalue weighted by molar-refractivity contribution is 6.35. The third-order valence-electron chi connectivity index (χ3n) is 3.09. The zero-order valence-corrected chi connectivity index (χ0v) is 11.8. The summed E-state index contributed by atoms with van der Waals surface area (Å²) in [4.78, 5) is 14.0. The van der Waals surface area contributed by atoms with E-state index in [1.807, 2.05) is 11.8 Å². The number of carbonyl (C=O) groups excluding carboxylic acids is 1. The van der Waals surface area contributed by atoms with Crippen LogP contribution in [0, 0.1) is 0 Å². The van der Waals surface area contributed by atoms with E-state index in [0.29, 0.717) is 15.7 Å². The SMILES string of the molecule is CC(Nc1cc(Cl)ccc1Cl)C(=O)N1CCCC1. The molecule has 1 heterocycles. The van der Waals surface area contributed by atoms with E-state index in [4.69, 9.17) is 23.2 Å². The molecule has 1 unspecified atom stereocenters. The molecule has 0 bridgehead atoms. The van der Waals surface area contributed by atoms with Gasteiger partial charge in [0.15, 0.2) is 0 Å². The molecule has 0 spiro atoms. The van der Waals surface area contributed by atoms with E-state index >= 15 is 0 Å². The third kappa shape index (κ3) is 3.09. The highest BCUT2D eigenvalue weighted by Gasteiger charge is 2.23. The van der Waals surface area contributed by atoms with Gasteiger partial charge in [-0.2, -0.15) is 0 Å². The van der Waals surface area contributed by atoms with E-state index in [2.05, 4.69) is 5.32 Å². The van der Waals surface area contributed by atoms with Gasteiger partial charge in [-0.15, -0.1) is 0 Å². The molecule has 0 aliphatic carbocycles. The van der Waals surface area contributed by atoms with Crippen molar-refractivity contribution in [2.45, 2.75) is 25.8 Å². The number of benzene rings is 1. The van der Waals surface area contributed by atoms with Crippen LogP contribution in [0.25, 0.3) is 0 Å². The molecule has 1 atom stereocenters. The van der Waals surface area contributed by atoms with Crippen LogP contribution in [-0.4, -0.2) is 29.9 Å². The standard InChI is InChI=1S/C13H16Cl2N2O/c1-9(13(18)17-6-2-3-7-17)16-12-8-10(14)4-5-11(12)15/h4-5,8-9,16H,2-3,6-7H2,1H3. The molecule has 1 saturated heterocycles. The minimum atomic E-state index is -0.293. The molecule has 2 rings (SSSR count). The van der Waals surface area contributed by atoms with Gasteiger partial charge in [-0.05, 0) is 38.0 Å². The topological polar surface area (TPSA) is 32.3 Å². The number of nitrogens with zero attached hydrogens (tertiary/aromatic N) is 1. The lowest BCUT2D eigenvalue weighted by atomic mass is 10.2. The fourth-order valence-corrected chi connectivity index (χ4v) is 2.46. The Balaban J connectivity index is 2.03. The maximum Gasteiger partial charge on any atom is 0.244 e. The highest BCUT2D eigenvalue weighted by atomic mass is 35.5. The second-order valence-corrected chi connectivity index (χ2v) is 5.37. The number of hydrogen-bond acceptors (Lipinski definition) is 2. The number of halogens is 2. The summed E-state index contributed by atoms with van der Waals surface area (Å²) in [6.45, 7) is 3.56. The summed E-state index contributed by atoms with van der Waals surface area (Å²) >= 11 is 12.0. The molecule has 18 heavy (non-hydrogen) atoms. The van der Waals surface area contributed by atoms with Gasteiger partial charge in [-0.1, -0.05) is 23.2 Å². The lowest BCUT2D eigenvalue weighted by Gasteiger charge is -2.22. The zero-order valence-electron chi connectivity index (χ0n) is 10.2. The molecule has 1 fully saturated rings. The number of anilines is 1. The van der Waals surface area contributed by atoms with Gasteiger partial charge in [0, 0.05) is 18.1 Å². The molecule has 1 N–H and O–H groups in total. The molecule has 1 aliphatic rings. The summed E-state index contributed by atoms with van der Waals surface area (Å²) in [5, 5.41) is 4.29. The summed E-state index contributed by atoms with van der Waals surface area (Å²) < 4.78 is 0. The van der Waals surface area contributed by atoms with E-state index in [0.717, 1.165) is 25.9 Å². The first kappa shape index (κ1) is 13.5. The van der Waals surface area contributed by atoms with Gasteiger partial charge in [0.25, 0.3) is 0 Å². The smallest absolute Gasteiger partial charge is 0.244 e. The number of amides is 1. The Morgan fingerprint density at radius 3 is 2.67 bits per heavy atom. The normalized spacial score (nSPS) is 16.7. The molecular weight excluding hydrogens is 271 g/mol. The van der Waals surface area contributed by atoms with Crippen molar-refractivity contribution in [2.24, 2.45) is 0 Å². The molecule has 98 valence electrons. The monoisotopic (exact) mass is 286 g/mol. The van der Waals surface area contributed by atoms with E-state index in [1.165, 1.54) is 0 Å². The lowest BCUT2D eigenvalue weighted by molar-refractivity contribution is -0.130. The Morgan fingerprint density at radius 2 is 2.00 bits per heavy atom. The quantitative estimate of drug-likeness (QED) is 0.924. The van der Waals surface area contributed by atoms with Crippen LogP contribution >= 0.6 is 23.2 Å². The molecule has 3 nitrogen and oxygen atoms in total.